The Morgan fingerprint density at radius 1 is 1.46 bits per heavy atom. The number of rotatable bonds is 4. The van der Waals surface area contributed by atoms with Crippen molar-refractivity contribution in [2.45, 2.75) is 44.9 Å². The van der Waals surface area contributed by atoms with Crippen molar-refractivity contribution in [3.8, 4) is 0 Å². The van der Waals surface area contributed by atoms with Crippen LogP contribution in [0, 0.1) is 0 Å². The molecule has 3 atom stereocenters. The van der Waals surface area contributed by atoms with Gasteiger partial charge in [0, 0.05) is 31.4 Å². The first-order valence-corrected chi connectivity index (χ1v) is 9.63. The molecule has 1 aromatic heterocycles. The van der Waals surface area contributed by atoms with Gasteiger partial charge in [-0.2, -0.15) is 0 Å². The van der Waals surface area contributed by atoms with Gasteiger partial charge in [0.15, 0.2) is 0 Å². The lowest BCUT2D eigenvalue weighted by molar-refractivity contribution is 0.0292. The lowest BCUT2D eigenvalue weighted by atomic mass is 10.00. The van der Waals surface area contributed by atoms with E-state index >= 15 is 0 Å². The van der Waals surface area contributed by atoms with Crippen molar-refractivity contribution in [1.29, 1.82) is 0 Å². The number of hydrogen-bond acceptors (Lipinski definition) is 5. The minimum atomic E-state index is -3.87. The zero-order valence-corrected chi connectivity index (χ0v) is 15.4. The highest BCUT2D eigenvalue weighted by Crippen LogP contribution is 2.55. The van der Waals surface area contributed by atoms with Gasteiger partial charge in [0.1, 0.15) is 5.60 Å². The number of likely N-dealkylation sites (tertiary alicyclic amines) is 1. The number of carbonyl (C=O) groups is 1. The number of carbonyl (C=O) groups excluding carboxylic acids is 1. The average molecular weight is 356 g/mol. The second kappa shape index (κ2) is 7.21. The van der Waals surface area contributed by atoms with Gasteiger partial charge in [0.25, 0.3) is 0 Å². The van der Waals surface area contributed by atoms with Gasteiger partial charge in [0.05, 0.1) is 12.3 Å². The zero-order chi connectivity index (χ0) is 18.0. The highest BCUT2D eigenvalue weighted by Gasteiger charge is 2.47. The van der Waals surface area contributed by atoms with E-state index in [1.54, 1.807) is 46.2 Å². The lowest BCUT2D eigenvalue weighted by Crippen LogP contribution is -2.35. The maximum absolute atomic E-state index is 12.6. The summed E-state index contributed by atoms with van der Waals surface area (Å²) < 4.78 is 23.1. The third kappa shape index (κ3) is 4.56. The molecule has 1 amide bonds. The van der Waals surface area contributed by atoms with Crippen LogP contribution in [0.25, 0.3) is 0 Å². The van der Waals surface area contributed by atoms with Gasteiger partial charge in [-0.1, -0.05) is 6.07 Å². The van der Waals surface area contributed by atoms with Crippen molar-refractivity contribution in [3.63, 3.8) is 0 Å². The second-order valence-corrected chi connectivity index (χ2v) is 8.88. The summed E-state index contributed by atoms with van der Waals surface area (Å²) in [6, 6.07) is 3.61. The van der Waals surface area contributed by atoms with Crippen LogP contribution < -0.4 is 0 Å². The van der Waals surface area contributed by atoms with Crippen molar-refractivity contribution in [3.05, 3.63) is 30.1 Å². The molecule has 8 heteroatoms. The van der Waals surface area contributed by atoms with Gasteiger partial charge < -0.3 is 19.1 Å². The van der Waals surface area contributed by atoms with E-state index in [-0.39, 0.29) is 19.1 Å². The summed E-state index contributed by atoms with van der Waals surface area (Å²) in [5.41, 5.74) is -0.515. The van der Waals surface area contributed by atoms with Crippen LogP contribution in [-0.2, 0) is 13.8 Å². The topological polar surface area (TPSA) is 89.0 Å². The molecule has 1 fully saturated rings. The maximum Gasteiger partial charge on any atom is 0.410 e. The number of pyridine rings is 1. The molecule has 2 heterocycles. The van der Waals surface area contributed by atoms with Crippen LogP contribution in [0.15, 0.2) is 24.5 Å². The molecule has 0 saturated carbocycles. The quantitative estimate of drug-likeness (QED) is 0.834. The predicted octanol–water partition coefficient (Wildman–Crippen LogP) is 3.01. The Kier molecular flexibility index (Phi) is 5.68. The summed E-state index contributed by atoms with van der Waals surface area (Å²) in [4.78, 5) is 28.2. The Labute approximate surface area is 142 Å². The van der Waals surface area contributed by atoms with Gasteiger partial charge in [-0.3, -0.25) is 9.55 Å². The van der Waals surface area contributed by atoms with Crippen LogP contribution in [-0.4, -0.2) is 51.8 Å². The van der Waals surface area contributed by atoms with Gasteiger partial charge >= 0.3 is 13.7 Å². The molecule has 2 rings (SSSR count). The van der Waals surface area contributed by atoms with Crippen LogP contribution >= 0.6 is 7.60 Å². The Morgan fingerprint density at radius 3 is 2.71 bits per heavy atom. The number of hydrogen-bond donors (Lipinski definition) is 1. The van der Waals surface area contributed by atoms with Crippen LogP contribution in [0.2, 0.25) is 0 Å². The summed E-state index contributed by atoms with van der Waals surface area (Å²) in [6.07, 6.45) is 2.80. The average Bonchev–Trinajstić information content (AvgIpc) is 2.92. The summed E-state index contributed by atoms with van der Waals surface area (Å²) >= 11 is 0. The molecule has 1 aromatic rings. The van der Waals surface area contributed by atoms with E-state index in [1.807, 2.05) is 6.07 Å². The molecule has 1 aliphatic rings. The summed E-state index contributed by atoms with van der Waals surface area (Å²) in [5, 5.41) is 0. The van der Waals surface area contributed by atoms with Crippen LogP contribution in [0.3, 0.4) is 0 Å². The summed E-state index contributed by atoms with van der Waals surface area (Å²) in [6.45, 7) is 7.57. The van der Waals surface area contributed by atoms with E-state index in [9.17, 15) is 14.3 Å². The number of amides is 1. The van der Waals surface area contributed by atoms with Crippen molar-refractivity contribution in [2.24, 2.45) is 0 Å². The number of aromatic nitrogens is 1. The van der Waals surface area contributed by atoms with E-state index in [2.05, 4.69) is 4.98 Å². The van der Waals surface area contributed by atoms with Crippen molar-refractivity contribution < 1.29 is 23.5 Å². The van der Waals surface area contributed by atoms with E-state index < -0.39 is 24.9 Å². The molecular formula is C16H25N2O5P. The van der Waals surface area contributed by atoms with E-state index in [0.29, 0.717) is 6.54 Å². The van der Waals surface area contributed by atoms with Crippen LogP contribution in [0.1, 0.15) is 39.2 Å². The van der Waals surface area contributed by atoms with Gasteiger partial charge in [-0.05, 0) is 39.3 Å². The molecule has 0 aromatic carbocycles. The normalized spacial score (nSPS) is 23.8. The third-order valence-electron chi connectivity index (χ3n) is 3.79. The van der Waals surface area contributed by atoms with Gasteiger partial charge in [0.2, 0.25) is 0 Å². The predicted molar refractivity (Wildman–Crippen MR) is 90.0 cm³/mol. The van der Waals surface area contributed by atoms with E-state index in [0.717, 1.165) is 5.56 Å². The maximum atomic E-state index is 12.6. The standard InChI is InChI=1S/C16H25N2O5P/c1-5-22-24(20,21)14-11-18(15(19)23-16(2,3)4)10-13(14)12-7-6-8-17-9-12/h6-9,13-14H,5,10-11H2,1-4H3,(H,20,21). The molecule has 0 spiro atoms. The van der Waals surface area contributed by atoms with Crippen molar-refractivity contribution in [1.82, 2.24) is 9.88 Å². The number of ether oxygens (including phenoxy) is 1. The molecule has 0 radical (unpaired) electrons. The molecule has 24 heavy (non-hydrogen) atoms. The Hall–Kier alpha value is -1.43. The first-order valence-electron chi connectivity index (χ1n) is 7.99. The molecule has 134 valence electrons. The van der Waals surface area contributed by atoms with Crippen LogP contribution in [0.4, 0.5) is 4.79 Å². The highest BCUT2D eigenvalue weighted by molar-refractivity contribution is 7.53. The summed E-state index contributed by atoms with van der Waals surface area (Å²) in [5.74, 6) is -0.325. The van der Waals surface area contributed by atoms with E-state index in [1.165, 1.54) is 4.90 Å². The first-order chi connectivity index (χ1) is 11.1. The first kappa shape index (κ1) is 18.9. The number of nitrogens with zero attached hydrogens (tertiary/aromatic N) is 2. The Bertz CT molecular complexity index is 617. The summed E-state index contributed by atoms with van der Waals surface area (Å²) in [7, 11) is -3.87. The Morgan fingerprint density at radius 2 is 2.17 bits per heavy atom. The molecule has 1 N–H and O–H groups in total. The third-order valence-corrected chi connectivity index (χ3v) is 5.78. The molecule has 1 saturated heterocycles. The van der Waals surface area contributed by atoms with E-state index in [4.69, 9.17) is 9.26 Å². The van der Waals surface area contributed by atoms with Crippen molar-refractivity contribution >= 4 is 13.7 Å². The molecule has 7 nitrogen and oxygen atoms in total. The SMILES string of the molecule is CCOP(=O)(O)C1CN(C(=O)OC(C)(C)C)CC1c1cccnc1. The fourth-order valence-corrected chi connectivity index (χ4v) is 4.48. The molecule has 1 aliphatic heterocycles. The fraction of sp³-hybridized carbons (Fsp3) is 0.625. The smallest absolute Gasteiger partial charge is 0.410 e. The Balaban J connectivity index is 2.26. The minimum Gasteiger partial charge on any atom is -0.444 e. The molecule has 3 unspecified atom stereocenters. The fourth-order valence-electron chi connectivity index (χ4n) is 2.80. The highest BCUT2D eigenvalue weighted by atomic mass is 31.2. The lowest BCUT2D eigenvalue weighted by Gasteiger charge is -2.24. The molecule has 0 aliphatic carbocycles. The zero-order valence-electron chi connectivity index (χ0n) is 14.5. The molecule has 0 bridgehead atoms. The van der Waals surface area contributed by atoms with Gasteiger partial charge in [-0.25, -0.2) is 4.79 Å². The van der Waals surface area contributed by atoms with Crippen LogP contribution in [0.5, 0.6) is 0 Å². The monoisotopic (exact) mass is 356 g/mol. The largest absolute Gasteiger partial charge is 0.444 e. The second-order valence-electron chi connectivity index (χ2n) is 6.83. The van der Waals surface area contributed by atoms with Crippen molar-refractivity contribution in [2.75, 3.05) is 19.7 Å². The van der Waals surface area contributed by atoms with Gasteiger partial charge in [-0.15, -0.1) is 0 Å². The molecular weight excluding hydrogens is 331 g/mol. The minimum absolute atomic E-state index is 0.113.